The molecule has 0 spiro atoms. The van der Waals surface area contributed by atoms with E-state index in [9.17, 15) is 5.26 Å². The van der Waals surface area contributed by atoms with Crippen molar-refractivity contribution in [3.63, 3.8) is 0 Å². The highest BCUT2D eigenvalue weighted by molar-refractivity contribution is 8.00. The Kier molecular flexibility index (Phi) is 4.68. The van der Waals surface area contributed by atoms with Gasteiger partial charge in [0.2, 0.25) is 5.13 Å². The van der Waals surface area contributed by atoms with Gasteiger partial charge in [0.25, 0.3) is 0 Å². The van der Waals surface area contributed by atoms with Crippen LogP contribution in [0.15, 0.2) is 52.9 Å². The van der Waals surface area contributed by atoms with E-state index < -0.39 is 0 Å². The zero-order chi connectivity index (χ0) is 17.1. The lowest BCUT2D eigenvalue weighted by atomic mass is 10.00. The van der Waals surface area contributed by atoms with Gasteiger partial charge in [-0.2, -0.15) is 5.26 Å². The van der Waals surface area contributed by atoms with Crippen molar-refractivity contribution in [1.82, 2.24) is 10.2 Å². The molecule has 1 saturated carbocycles. The number of benzene rings is 2. The number of nitrogens with one attached hydrogen (secondary N) is 1. The number of hydrogen-bond donors (Lipinski definition) is 1. The zero-order valence-corrected chi connectivity index (χ0v) is 15.1. The second-order valence-electron chi connectivity index (χ2n) is 5.93. The van der Waals surface area contributed by atoms with E-state index >= 15 is 0 Å². The summed E-state index contributed by atoms with van der Waals surface area (Å²) in [7, 11) is 0. The minimum absolute atomic E-state index is 0.606. The molecule has 3 aromatic rings. The maximum absolute atomic E-state index is 9.23. The molecule has 4 nitrogen and oxygen atoms in total. The van der Waals surface area contributed by atoms with Crippen LogP contribution >= 0.6 is 23.1 Å². The van der Waals surface area contributed by atoms with Gasteiger partial charge in [0, 0.05) is 11.8 Å². The maximum Gasteiger partial charge on any atom is 0.206 e. The SMILES string of the molecule is N#Cc1ccccc1-c1ccc(CSc2nnc(NC3CC3)s2)cc1. The fraction of sp³-hybridized carbons (Fsp3) is 0.211. The van der Waals surface area contributed by atoms with Gasteiger partial charge in [0.1, 0.15) is 0 Å². The first-order chi connectivity index (χ1) is 12.3. The van der Waals surface area contributed by atoms with Crippen molar-refractivity contribution in [2.45, 2.75) is 29.0 Å². The smallest absolute Gasteiger partial charge is 0.206 e. The Hall–Kier alpha value is -2.36. The quantitative estimate of drug-likeness (QED) is 0.628. The highest BCUT2D eigenvalue weighted by Gasteiger charge is 2.22. The van der Waals surface area contributed by atoms with Crippen LogP contribution in [0.5, 0.6) is 0 Å². The van der Waals surface area contributed by atoms with Crippen LogP contribution in [0.2, 0.25) is 0 Å². The summed E-state index contributed by atoms with van der Waals surface area (Å²) in [5.41, 5.74) is 3.98. The highest BCUT2D eigenvalue weighted by atomic mass is 32.2. The Morgan fingerprint density at radius 3 is 2.68 bits per heavy atom. The molecular weight excluding hydrogens is 348 g/mol. The van der Waals surface area contributed by atoms with Crippen molar-refractivity contribution in [1.29, 1.82) is 5.26 Å². The lowest BCUT2D eigenvalue weighted by Gasteiger charge is -2.05. The second-order valence-corrected chi connectivity index (χ2v) is 8.13. The molecule has 0 unspecified atom stereocenters. The lowest BCUT2D eigenvalue weighted by molar-refractivity contribution is 0.994. The van der Waals surface area contributed by atoms with Crippen LogP contribution in [0.1, 0.15) is 24.0 Å². The van der Waals surface area contributed by atoms with E-state index in [2.05, 4.69) is 45.8 Å². The minimum atomic E-state index is 0.606. The third kappa shape index (κ3) is 4.01. The van der Waals surface area contributed by atoms with E-state index in [4.69, 9.17) is 0 Å². The molecule has 4 rings (SSSR count). The normalized spacial score (nSPS) is 13.4. The van der Waals surface area contributed by atoms with Gasteiger partial charge in [-0.05, 0) is 35.6 Å². The third-order valence-electron chi connectivity index (χ3n) is 3.99. The monoisotopic (exact) mass is 364 g/mol. The molecule has 0 saturated heterocycles. The molecule has 2 aromatic carbocycles. The summed E-state index contributed by atoms with van der Waals surface area (Å²) in [6.45, 7) is 0. The van der Waals surface area contributed by atoms with Gasteiger partial charge in [-0.25, -0.2) is 0 Å². The number of nitriles is 1. The molecule has 0 aliphatic heterocycles. The molecule has 1 aliphatic carbocycles. The average Bonchev–Trinajstić information content (AvgIpc) is 3.36. The lowest BCUT2D eigenvalue weighted by Crippen LogP contribution is -1.99. The Morgan fingerprint density at radius 1 is 1.12 bits per heavy atom. The summed E-state index contributed by atoms with van der Waals surface area (Å²) in [4.78, 5) is 0. The van der Waals surface area contributed by atoms with Crippen LogP contribution in [0.3, 0.4) is 0 Å². The topological polar surface area (TPSA) is 61.6 Å². The van der Waals surface area contributed by atoms with Gasteiger partial charge < -0.3 is 5.32 Å². The van der Waals surface area contributed by atoms with E-state index in [0.29, 0.717) is 11.6 Å². The molecule has 0 bridgehead atoms. The van der Waals surface area contributed by atoms with Crippen LogP contribution in [-0.4, -0.2) is 16.2 Å². The standard InChI is InChI=1S/C19H16N4S2/c20-11-15-3-1-2-4-17(15)14-7-5-13(6-8-14)12-24-19-23-22-18(25-19)21-16-9-10-16/h1-8,16H,9-10,12H2,(H,21,22). The number of anilines is 1. The van der Waals surface area contributed by atoms with Gasteiger partial charge in [0.05, 0.1) is 11.6 Å². The summed E-state index contributed by atoms with van der Waals surface area (Å²) < 4.78 is 0.988. The molecular formula is C19H16N4S2. The van der Waals surface area contributed by atoms with Gasteiger partial charge in [-0.1, -0.05) is 65.6 Å². The van der Waals surface area contributed by atoms with Crippen molar-refractivity contribution in [3.05, 3.63) is 59.7 Å². The average molecular weight is 364 g/mol. The summed E-state index contributed by atoms with van der Waals surface area (Å²) in [6, 6.07) is 18.9. The van der Waals surface area contributed by atoms with Crippen molar-refractivity contribution in [2.24, 2.45) is 0 Å². The van der Waals surface area contributed by atoms with Crippen LogP contribution < -0.4 is 5.32 Å². The summed E-state index contributed by atoms with van der Waals surface area (Å²) in [5.74, 6) is 0.859. The summed E-state index contributed by atoms with van der Waals surface area (Å²) in [5, 5.41) is 22.0. The first-order valence-electron chi connectivity index (χ1n) is 8.13. The van der Waals surface area contributed by atoms with Gasteiger partial charge in [-0.3, -0.25) is 0 Å². The van der Waals surface area contributed by atoms with Crippen molar-refractivity contribution >= 4 is 28.2 Å². The molecule has 1 aliphatic rings. The molecule has 124 valence electrons. The molecule has 0 atom stereocenters. The first kappa shape index (κ1) is 16.1. The molecule has 0 radical (unpaired) electrons. The van der Waals surface area contributed by atoms with Crippen molar-refractivity contribution in [3.8, 4) is 17.2 Å². The molecule has 25 heavy (non-hydrogen) atoms. The van der Waals surface area contributed by atoms with E-state index in [1.165, 1.54) is 18.4 Å². The predicted octanol–water partition coefficient (Wildman–Crippen LogP) is 4.94. The summed E-state index contributed by atoms with van der Waals surface area (Å²) in [6.07, 6.45) is 2.48. The molecule has 1 heterocycles. The number of nitrogens with zero attached hydrogens (tertiary/aromatic N) is 3. The van der Waals surface area contributed by atoms with Gasteiger partial charge in [-0.15, -0.1) is 10.2 Å². The second kappa shape index (κ2) is 7.26. The van der Waals surface area contributed by atoms with Crippen LogP contribution in [0.4, 0.5) is 5.13 Å². The molecule has 6 heteroatoms. The fourth-order valence-corrected chi connectivity index (χ4v) is 4.27. The number of thioether (sulfide) groups is 1. The van der Waals surface area contributed by atoms with E-state index in [1.807, 2.05) is 24.3 Å². The third-order valence-corrected chi connectivity index (χ3v) is 6.05. The van der Waals surface area contributed by atoms with Crippen LogP contribution in [-0.2, 0) is 5.75 Å². The van der Waals surface area contributed by atoms with Crippen LogP contribution in [0.25, 0.3) is 11.1 Å². The summed E-state index contributed by atoms with van der Waals surface area (Å²) >= 11 is 3.32. The van der Waals surface area contributed by atoms with Crippen molar-refractivity contribution in [2.75, 3.05) is 5.32 Å². The molecule has 1 N–H and O–H groups in total. The first-order valence-corrected chi connectivity index (χ1v) is 9.93. The number of rotatable bonds is 6. The zero-order valence-electron chi connectivity index (χ0n) is 13.5. The number of hydrogen-bond acceptors (Lipinski definition) is 6. The maximum atomic E-state index is 9.23. The molecule has 0 amide bonds. The van der Waals surface area contributed by atoms with E-state index in [-0.39, 0.29) is 0 Å². The number of aromatic nitrogens is 2. The minimum Gasteiger partial charge on any atom is -0.357 e. The van der Waals surface area contributed by atoms with E-state index in [0.717, 1.165) is 26.4 Å². The van der Waals surface area contributed by atoms with Crippen molar-refractivity contribution < 1.29 is 0 Å². The largest absolute Gasteiger partial charge is 0.357 e. The Balaban J connectivity index is 1.40. The Morgan fingerprint density at radius 2 is 1.92 bits per heavy atom. The predicted molar refractivity (Wildman–Crippen MR) is 103 cm³/mol. The highest BCUT2D eigenvalue weighted by Crippen LogP contribution is 2.32. The molecule has 1 aromatic heterocycles. The Labute approximate surface area is 154 Å². The van der Waals surface area contributed by atoms with Gasteiger partial charge >= 0.3 is 0 Å². The van der Waals surface area contributed by atoms with Gasteiger partial charge in [0.15, 0.2) is 4.34 Å². The van der Waals surface area contributed by atoms with E-state index in [1.54, 1.807) is 23.1 Å². The molecule has 1 fully saturated rings. The van der Waals surface area contributed by atoms with Crippen LogP contribution in [0, 0.1) is 11.3 Å². The Bertz CT molecular complexity index is 908. The fourth-order valence-electron chi connectivity index (χ4n) is 2.49.